The Hall–Kier alpha value is -1.73. The Kier molecular flexibility index (Phi) is 3.32. The Bertz CT molecular complexity index is 668. The average Bonchev–Trinajstić information content (AvgIpc) is 3.16. The van der Waals surface area contributed by atoms with Gasteiger partial charge in [-0.25, -0.2) is 4.98 Å². The number of carbonyl (C=O) groups is 1. The topological polar surface area (TPSA) is 78.5 Å². The summed E-state index contributed by atoms with van der Waals surface area (Å²) in [5.41, 5.74) is -0.172. The van der Waals surface area contributed by atoms with E-state index in [0.29, 0.717) is 36.7 Å². The molecule has 3 fully saturated rings. The molecule has 3 aliphatic rings. The average molecular weight is 318 g/mol. The van der Waals surface area contributed by atoms with Crippen molar-refractivity contribution < 1.29 is 9.53 Å². The zero-order valence-corrected chi connectivity index (χ0v) is 13.5. The third-order valence-electron chi connectivity index (χ3n) is 5.54. The number of likely N-dealkylation sites (tertiary alicyclic amines) is 1. The number of hydrogen-bond acceptors (Lipinski definition) is 5. The van der Waals surface area contributed by atoms with E-state index in [9.17, 15) is 9.59 Å². The Morgan fingerprint density at radius 1 is 1.57 bits per heavy atom. The summed E-state index contributed by atoms with van der Waals surface area (Å²) in [7, 11) is 4.17. The van der Waals surface area contributed by atoms with Gasteiger partial charge in [0.2, 0.25) is 0 Å². The van der Waals surface area contributed by atoms with E-state index in [0.717, 1.165) is 25.6 Å². The largest absolute Gasteiger partial charge is 0.369 e. The van der Waals surface area contributed by atoms with Crippen molar-refractivity contribution in [2.45, 2.75) is 24.5 Å². The van der Waals surface area contributed by atoms with Crippen LogP contribution in [-0.2, 0) is 4.74 Å². The van der Waals surface area contributed by atoms with Crippen LogP contribution >= 0.6 is 0 Å². The van der Waals surface area contributed by atoms with Crippen LogP contribution in [0.15, 0.2) is 17.2 Å². The molecule has 1 spiro atoms. The molecule has 1 N–H and O–H groups in total. The van der Waals surface area contributed by atoms with Crippen LogP contribution < -0.4 is 5.56 Å². The smallest absolute Gasteiger partial charge is 0.274 e. The lowest BCUT2D eigenvalue weighted by atomic mass is 9.73. The molecule has 0 aromatic carbocycles. The highest BCUT2D eigenvalue weighted by Crippen LogP contribution is 2.55. The second-order valence-corrected chi connectivity index (χ2v) is 7.27. The van der Waals surface area contributed by atoms with E-state index in [1.165, 1.54) is 6.20 Å². The van der Waals surface area contributed by atoms with Gasteiger partial charge in [0, 0.05) is 31.1 Å². The van der Waals surface area contributed by atoms with E-state index in [1.54, 1.807) is 0 Å². The van der Waals surface area contributed by atoms with Crippen LogP contribution in [0.3, 0.4) is 0 Å². The third-order valence-corrected chi connectivity index (χ3v) is 5.54. The Morgan fingerprint density at radius 3 is 3.09 bits per heavy atom. The van der Waals surface area contributed by atoms with E-state index in [2.05, 4.69) is 29.0 Å². The first-order chi connectivity index (χ1) is 11.0. The number of nitrogens with one attached hydrogen (secondary N) is 1. The highest BCUT2D eigenvalue weighted by Gasteiger charge is 2.63. The molecular formula is C16H22N4O3. The molecule has 124 valence electrons. The number of rotatable bonds is 3. The van der Waals surface area contributed by atoms with Crippen molar-refractivity contribution >= 4 is 5.91 Å². The number of aromatic nitrogens is 2. The van der Waals surface area contributed by atoms with E-state index in [4.69, 9.17) is 4.74 Å². The summed E-state index contributed by atoms with van der Waals surface area (Å²) in [6.45, 7) is 2.35. The molecule has 7 nitrogen and oxygen atoms in total. The number of nitrogens with zero attached hydrogens (tertiary/aromatic N) is 3. The maximum absolute atomic E-state index is 12.7. The van der Waals surface area contributed by atoms with Gasteiger partial charge in [0.15, 0.2) is 0 Å². The molecule has 23 heavy (non-hydrogen) atoms. The number of hydrogen-bond donors (Lipinski definition) is 1. The van der Waals surface area contributed by atoms with E-state index >= 15 is 0 Å². The second-order valence-electron chi connectivity index (χ2n) is 7.27. The van der Waals surface area contributed by atoms with Gasteiger partial charge in [0.1, 0.15) is 5.69 Å². The summed E-state index contributed by atoms with van der Waals surface area (Å²) in [4.78, 5) is 34.3. The van der Waals surface area contributed by atoms with Crippen LogP contribution in [0.2, 0.25) is 0 Å². The molecule has 4 heterocycles. The molecule has 3 aliphatic heterocycles. The van der Waals surface area contributed by atoms with E-state index < -0.39 is 0 Å². The lowest BCUT2D eigenvalue weighted by molar-refractivity contribution is 0.00249. The summed E-state index contributed by atoms with van der Waals surface area (Å²) >= 11 is 0. The van der Waals surface area contributed by atoms with Crippen LogP contribution in [0.1, 0.15) is 23.3 Å². The molecule has 4 rings (SSSR count). The third kappa shape index (κ3) is 2.30. The Balaban J connectivity index is 1.55. The fourth-order valence-corrected chi connectivity index (χ4v) is 4.63. The molecule has 0 saturated carbocycles. The molecular weight excluding hydrogens is 296 g/mol. The van der Waals surface area contributed by atoms with Crippen molar-refractivity contribution in [3.05, 3.63) is 28.4 Å². The number of carbonyl (C=O) groups excluding carboxylic acids is 1. The number of ether oxygens (including phenoxy) is 1. The van der Waals surface area contributed by atoms with Gasteiger partial charge in [-0.3, -0.25) is 9.59 Å². The minimum Gasteiger partial charge on any atom is -0.369 e. The van der Waals surface area contributed by atoms with Crippen LogP contribution in [0, 0.1) is 11.8 Å². The zero-order valence-electron chi connectivity index (χ0n) is 13.5. The minimum absolute atomic E-state index is 0.124. The van der Waals surface area contributed by atoms with Gasteiger partial charge in [-0.15, -0.1) is 0 Å². The first kappa shape index (κ1) is 14.8. The second kappa shape index (κ2) is 5.14. The summed E-state index contributed by atoms with van der Waals surface area (Å²) in [5, 5.41) is 0. The SMILES string of the molecule is CN(C)C[C@H]1[C@@H]2CC[C@@]3(CN(C(=O)c4c[nH]c(=O)cn4)C[C@@H]13)O2. The summed E-state index contributed by atoms with van der Waals surface area (Å²) in [6, 6.07) is 0. The van der Waals surface area contributed by atoms with Crippen LogP contribution in [-0.4, -0.2) is 71.1 Å². The van der Waals surface area contributed by atoms with Crippen molar-refractivity contribution in [3.63, 3.8) is 0 Å². The standard InChI is InChI=1S/C16H22N4O3/c1-19(2)7-10-11-8-20(9-16(11)4-3-13(10)23-16)15(22)12-5-18-14(21)6-17-12/h5-6,10-11,13H,3-4,7-9H2,1-2H3,(H,18,21)/t10-,11+,13+,16+/m1/s1. The fraction of sp³-hybridized carbons (Fsp3) is 0.688. The van der Waals surface area contributed by atoms with Crippen molar-refractivity contribution in [1.82, 2.24) is 19.8 Å². The first-order valence-corrected chi connectivity index (χ1v) is 8.15. The Labute approximate surface area is 134 Å². The zero-order chi connectivity index (χ0) is 16.2. The van der Waals surface area contributed by atoms with Crippen LogP contribution in [0.5, 0.6) is 0 Å². The molecule has 7 heteroatoms. The molecule has 1 aromatic rings. The van der Waals surface area contributed by atoms with Gasteiger partial charge in [-0.1, -0.05) is 0 Å². The van der Waals surface area contributed by atoms with Crippen LogP contribution in [0.4, 0.5) is 0 Å². The summed E-state index contributed by atoms with van der Waals surface area (Å²) in [5.74, 6) is 0.760. The van der Waals surface area contributed by atoms with Crippen molar-refractivity contribution in [3.8, 4) is 0 Å². The molecule has 0 radical (unpaired) electrons. The van der Waals surface area contributed by atoms with Gasteiger partial charge in [0.05, 0.1) is 24.4 Å². The highest BCUT2D eigenvalue weighted by molar-refractivity contribution is 5.92. The van der Waals surface area contributed by atoms with Gasteiger partial charge >= 0.3 is 0 Å². The molecule has 0 unspecified atom stereocenters. The number of amides is 1. The normalized spacial score (nSPS) is 35.1. The van der Waals surface area contributed by atoms with Crippen molar-refractivity contribution in [2.75, 3.05) is 33.7 Å². The van der Waals surface area contributed by atoms with E-state index in [-0.39, 0.29) is 17.1 Å². The highest BCUT2D eigenvalue weighted by atomic mass is 16.5. The maximum atomic E-state index is 12.7. The number of aromatic amines is 1. The lowest BCUT2D eigenvalue weighted by Gasteiger charge is -2.30. The summed E-state index contributed by atoms with van der Waals surface area (Å²) in [6.07, 6.45) is 5.01. The first-order valence-electron chi connectivity index (χ1n) is 8.15. The molecule has 1 amide bonds. The summed E-state index contributed by atoms with van der Waals surface area (Å²) < 4.78 is 6.33. The molecule has 0 aliphatic carbocycles. The van der Waals surface area contributed by atoms with Gasteiger partial charge in [-0.2, -0.15) is 0 Å². The number of fused-ring (bicyclic) bond motifs is 1. The quantitative estimate of drug-likeness (QED) is 0.845. The minimum atomic E-state index is -0.300. The van der Waals surface area contributed by atoms with Gasteiger partial charge < -0.3 is 19.5 Å². The van der Waals surface area contributed by atoms with Gasteiger partial charge in [-0.05, 0) is 26.9 Å². The maximum Gasteiger partial charge on any atom is 0.274 e. The lowest BCUT2D eigenvalue weighted by Crippen LogP contribution is -2.40. The van der Waals surface area contributed by atoms with Crippen molar-refractivity contribution in [1.29, 1.82) is 0 Å². The molecule has 4 atom stereocenters. The molecule has 3 saturated heterocycles. The Morgan fingerprint density at radius 2 is 2.39 bits per heavy atom. The fourth-order valence-electron chi connectivity index (χ4n) is 4.63. The van der Waals surface area contributed by atoms with Gasteiger partial charge in [0.25, 0.3) is 11.5 Å². The van der Waals surface area contributed by atoms with Crippen molar-refractivity contribution in [2.24, 2.45) is 11.8 Å². The van der Waals surface area contributed by atoms with E-state index in [1.807, 2.05) is 4.90 Å². The van der Waals surface area contributed by atoms with Crippen LogP contribution in [0.25, 0.3) is 0 Å². The number of H-pyrrole nitrogens is 1. The predicted molar refractivity (Wildman–Crippen MR) is 83.1 cm³/mol. The molecule has 2 bridgehead atoms. The molecule has 1 aromatic heterocycles. The predicted octanol–water partition coefficient (Wildman–Crippen LogP) is -0.0489. The monoisotopic (exact) mass is 318 g/mol.